The van der Waals surface area contributed by atoms with Crippen molar-refractivity contribution in [2.24, 2.45) is 0 Å². The van der Waals surface area contributed by atoms with Crippen LogP contribution < -0.4 is 10.6 Å². The average molecular weight is 391 g/mol. The number of halogens is 2. The van der Waals surface area contributed by atoms with E-state index in [0.717, 1.165) is 12.8 Å². The Morgan fingerprint density at radius 3 is 2.50 bits per heavy atom. The molecule has 8 heteroatoms. The van der Waals surface area contributed by atoms with Crippen LogP contribution in [-0.2, 0) is 0 Å². The highest BCUT2D eigenvalue weighted by Crippen LogP contribution is 2.27. The van der Waals surface area contributed by atoms with Crippen LogP contribution in [0, 0.1) is 10.1 Å². The van der Waals surface area contributed by atoms with E-state index >= 15 is 0 Å². The zero-order valence-corrected chi connectivity index (χ0v) is 14.2. The molecule has 1 aromatic rings. The summed E-state index contributed by atoms with van der Waals surface area (Å²) in [6.45, 7) is 0. The summed E-state index contributed by atoms with van der Waals surface area (Å²) in [5.41, 5.74) is 0.238. The molecule has 3 rings (SSSR count). The van der Waals surface area contributed by atoms with Crippen LogP contribution in [-0.4, -0.2) is 29.0 Å². The quantitative estimate of drug-likeness (QED) is 0.614. The van der Waals surface area contributed by atoms with Gasteiger partial charge in [0.2, 0.25) is 0 Å². The number of rotatable bonds is 3. The number of nitro groups is 1. The molecule has 120 valence electrons. The minimum Gasteiger partial charge on any atom is -0.349 e. The lowest BCUT2D eigenvalue weighted by Gasteiger charge is -2.29. The molecular weight excluding hydrogens is 374 g/mol. The van der Waals surface area contributed by atoms with E-state index in [1.165, 1.54) is 25.0 Å². The highest BCUT2D eigenvalue weighted by Gasteiger charge is 2.34. The van der Waals surface area contributed by atoms with Crippen molar-refractivity contribution in [3.8, 4) is 0 Å². The van der Waals surface area contributed by atoms with Crippen LogP contribution in [0.3, 0.4) is 0 Å². The summed E-state index contributed by atoms with van der Waals surface area (Å²) in [5, 5.41) is 17.4. The molecule has 2 fully saturated rings. The molecule has 2 atom stereocenters. The number of nitrogens with one attached hydrogen (secondary N) is 2. The summed E-state index contributed by atoms with van der Waals surface area (Å²) < 4.78 is 0.534. The van der Waals surface area contributed by atoms with Gasteiger partial charge in [-0.1, -0.05) is 15.9 Å². The third-order valence-electron chi connectivity index (χ3n) is 4.16. The van der Waals surface area contributed by atoms with E-state index < -0.39 is 4.92 Å². The first-order valence-electron chi connectivity index (χ1n) is 7.03. The molecule has 2 bridgehead atoms. The van der Waals surface area contributed by atoms with Gasteiger partial charge in [0, 0.05) is 40.3 Å². The van der Waals surface area contributed by atoms with Gasteiger partial charge in [0.15, 0.2) is 0 Å². The molecule has 0 saturated carbocycles. The van der Waals surface area contributed by atoms with Crippen LogP contribution in [0.25, 0.3) is 0 Å². The summed E-state index contributed by atoms with van der Waals surface area (Å²) in [6.07, 6.45) is 4.19. The molecule has 22 heavy (non-hydrogen) atoms. The van der Waals surface area contributed by atoms with Gasteiger partial charge in [-0.15, -0.1) is 12.4 Å². The molecule has 2 unspecified atom stereocenters. The van der Waals surface area contributed by atoms with E-state index in [2.05, 4.69) is 26.6 Å². The second-order valence-electron chi connectivity index (χ2n) is 5.73. The zero-order chi connectivity index (χ0) is 15.0. The predicted octanol–water partition coefficient (Wildman–Crippen LogP) is 2.79. The van der Waals surface area contributed by atoms with E-state index in [-0.39, 0.29) is 30.0 Å². The summed E-state index contributed by atoms with van der Waals surface area (Å²) in [6, 6.07) is 5.45. The highest BCUT2D eigenvalue weighted by molar-refractivity contribution is 9.10. The lowest BCUT2D eigenvalue weighted by molar-refractivity contribution is -0.385. The molecule has 0 aliphatic carbocycles. The lowest BCUT2D eigenvalue weighted by Crippen LogP contribution is -2.48. The number of carbonyl (C=O) groups excluding carboxylic acids is 1. The van der Waals surface area contributed by atoms with E-state index in [4.69, 9.17) is 0 Å². The number of amides is 1. The summed E-state index contributed by atoms with van der Waals surface area (Å²) in [5.74, 6) is -0.245. The smallest absolute Gasteiger partial charge is 0.271 e. The molecule has 6 nitrogen and oxygen atoms in total. The molecule has 1 aromatic carbocycles. The summed E-state index contributed by atoms with van der Waals surface area (Å²) in [4.78, 5) is 22.7. The fourth-order valence-electron chi connectivity index (χ4n) is 3.25. The number of benzene rings is 1. The Bertz CT molecular complexity index is 587. The second-order valence-corrected chi connectivity index (χ2v) is 6.65. The standard InChI is InChI=1S/C14H16BrN3O3.ClH/c15-9-3-8(4-13(5-9)18(20)21)14(19)17-12-6-10-1-2-11(7-12)16-10;/h3-5,10-12,16H,1-2,6-7H2,(H,17,19);1H. The molecule has 0 radical (unpaired) electrons. The van der Waals surface area contributed by atoms with Gasteiger partial charge in [0.25, 0.3) is 11.6 Å². The van der Waals surface area contributed by atoms with Crippen LogP contribution in [0.2, 0.25) is 0 Å². The first-order valence-corrected chi connectivity index (χ1v) is 7.82. The molecule has 2 saturated heterocycles. The number of piperidine rings is 1. The number of nitro benzene ring substituents is 1. The maximum absolute atomic E-state index is 12.3. The van der Waals surface area contributed by atoms with E-state index in [1.54, 1.807) is 6.07 Å². The number of hydrogen-bond acceptors (Lipinski definition) is 4. The fraction of sp³-hybridized carbons (Fsp3) is 0.500. The number of fused-ring (bicyclic) bond motifs is 2. The van der Waals surface area contributed by atoms with Crippen LogP contribution in [0.5, 0.6) is 0 Å². The third-order valence-corrected chi connectivity index (χ3v) is 4.62. The Kier molecular flexibility index (Phi) is 5.41. The lowest BCUT2D eigenvalue weighted by atomic mass is 9.99. The molecule has 0 spiro atoms. The van der Waals surface area contributed by atoms with Gasteiger partial charge < -0.3 is 10.6 Å². The van der Waals surface area contributed by atoms with Gasteiger partial charge in [-0.2, -0.15) is 0 Å². The number of hydrogen-bond donors (Lipinski definition) is 2. The minimum atomic E-state index is -0.494. The van der Waals surface area contributed by atoms with Crippen LogP contribution in [0.4, 0.5) is 5.69 Å². The van der Waals surface area contributed by atoms with E-state index in [1.807, 2.05) is 0 Å². The summed E-state index contributed by atoms with van der Waals surface area (Å²) in [7, 11) is 0. The summed E-state index contributed by atoms with van der Waals surface area (Å²) >= 11 is 3.21. The van der Waals surface area contributed by atoms with Crippen molar-refractivity contribution in [1.82, 2.24) is 10.6 Å². The average Bonchev–Trinajstić information content (AvgIpc) is 2.77. The van der Waals surface area contributed by atoms with Gasteiger partial charge in [-0.05, 0) is 31.7 Å². The maximum atomic E-state index is 12.3. The molecular formula is C14H17BrClN3O3. The van der Waals surface area contributed by atoms with Crippen molar-refractivity contribution >= 4 is 39.9 Å². The van der Waals surface area contributed by atoms with Crippen LogP contribution in [0.15, 0.2) is 22.7 Å². The van der Waals surface area contributed by atoms with Crippen molar-refractivity contribution in [1.29, 1.82) is 0 Å². The monoisotopic (exact) mass is 389 g/mol. The van der Waals surface area contributed by atoms with Gasteiger partial charge in [0.05, 0.1) is 4.92 Å². The first kappa shape index (κ1) is 17.2. The van der Waals surface area contributed by atoms with Crippen molar-refractivity contribution in [3.05, 3.63) is 38.3 Å². The second kappa shape index (κ2) is 6.93. The Morgan fingerprint density at radius 1 is 1.27 bits per heavy atom. The Balaban J connectivity index is 0.00000176. The highest BCUT2D eigenvalue weighted by atomic mass is 79.9. The van der Waals surface area contributed by atoms with E-state index in [0.29, 0.717) is 22.1 Å². The Hall–Kier alpha value is -1.18. The molecule has 2 aliphatic heterocycles. The van der Waals surface area contributed by atoms with Crippen LogP contribution in [0.1, 0.15) is 36.0 Å². The molecule has 2 N–H and O–H groups in total. The third kappa shape index (κ3) is 3.77. The van der Waals surface area contributed by atoms with Crippen molar-refractivity contribution < 1.29 is 9.72 Å². The largest absolute Gasteiger partial charge is 0.349 e. The Morgan fingerprint density at radius 2 is 1.91 bits per heavy atom. The molecule has 2 aliphatic rings. The van der Waals surface area contributed by atoms with Crippen LogP contribution >= 0.6 is 28.3 Å². The predicted molar refractivity (Wildman–Crippen MR) is 88.5 cm³/mol. The van der Waals surface area contributed by atoms with Gasteiger partial charge >= 0.3 is 0 Å². The number of nitrogens with zero attached hydrogens (tertiary/aromatic N) is 1. The number of carbonyl (C=O) groups is 1. The van der Waals surface area contributed by atoms with Crippen molar-refractivity contribution in [3.63, 3.8) is 0 Å². The minimum absolute atomic E-state index is 0. The molecule has 2 heterocycles. The Labute approximate surface area is 142 Å². The van der Waals surface area contributed by atoms with Gasteiger partial charge in [-0.3, -0.25) is 14.9 Å². The zero-order valence-electron chi connectivity index (χ0n) is 11.8. The van der Waals surface area contributed by atoms with Gasteiger partial charge in [0.1, 0.15) is 0 Å². The van der Waals surface area contributed by atoms with Crippen molar-refractivity contribution in [2.45, 2.75) is 43.8 Å². The van der Waals surface area contributed by atoms with Crippen molar-refractivity contribution in [2.75, 3.05) is 0 Å². The SMILES string of the molecule is Cl.O=C(NC1CC2CCC(C1)N2)c1cc(Br)cc([N+](=O)[O-])c1. The topological polar surface area (TPSA) is 84.3 Å². The van der Waals surface area contributed by atoms with E-state index in [9.17, 15) is 14.9 Å². The number of non-ortho nitro benzene ring substituents is 1. The van der Waals surface area contributed by atoms with Gasteiger partial charge in [-0.25, -0.2) is 0 Å². The maximum Gasteiger partial charge on any atom is 0.271 e. The molecule has 1 amide bonds. The normalized spacial score (nSPS) is 26.1. The fourth-order valence-corrected chi connectivity index (χ4v) is 3.74. The molecule has 0 aromatic heterocycles. The first-order chi connectivity index (χ1) is 10.0.